The molecule has 2 aromatic rings. The number of halogens is 3. The van der Waals surface area contributed by atoms with Gasteiger partial charge in [-0.2, -0.15) is 14.3 Å². The zero-order valence-corrected chi connectivity index (χ0v) is 16.0. The number of aromatic nitrogens is 3. The maximum Gasteiger partial charge on any atom is 0.281 e. The van der Waals surface area contributed by atoms with Gasteiger partial charge in [0.25, 0.3) is 6.43 Å². The number of likely N-dealkylation sites (tertiary alicyclic amines) is 1. The van der Waals surface area contributed by atoms with Gasteiger partial charge in [-0.15, -0.1) is 11.3 Å². The van der Waals surface area contributed by atoms with Crippen molar-refractivity contribution in [2.75, 3.05) is 26.2 Å². The first-order valence-corrected chi connectivity index (χ1v) is 9.74. The van der Waals surface area contributed by atoms with E-state index in [9.17, 15) is 18.1 Å². The molecule has 0 aromatic carbocycles. The summed E-state index contributed by atoms with van der Waals surface area (Å²) < 4.78 is 45.2. The normalized spacial score (nSPS) is 17.0. The van der Waals surface area contributed by atoms with E-state index in [-0.39, 0.29) is 24.0 Å². The van der Waals surface area contributed by atoms with Gasteiger partial charge >= 0.3 is 0 Å². The van der Waals surface area contributed by atoms with Crippen molar-refractivity contribution < 1.29 is 17.9 Å². The van der Waals surface area contributed by atoms with Crippen LogP contribution in [-0.2, 0) is 0 Å². The lowest BCUT2D eigenvalue weighted by molar-refractivity contribution is 0.104. The summed E-state index contributed by atoms with van der Waals surface area (Å²) in [6.07, 6.45) is -1.17. The highest BCUT2D eigenvalue weighted by molar-refractivity contribution is 7.09. The quantitative estimate of drug-likeness (QED) is 0.480. The first kappa shape index (κ1) is 20.6. The summed E-state index contributed by atoms with van der Waals surface area (Å²) in [4.78, 5) is 24.6. The van der Waals surface area contributed by atoms with Gasteiger partial charge in [-0.05, 0) is 38.8 Å². The largest absolute Gasteiger partial charge is 0.477 e. The third kappa shape index (κ3) is 5.02. The van der Waals surface area contributed by atoms with E-state index in [1.807, 2.05) is 4.90 Å². The van der Waals surface area contributed by atoms with Crippen molar-refractivity contribution in [1.82, 2.24) is 19.9 Å². The van der Waals surface area contributed by atoms with Crippen LogP contribution in [0.15, 0.2) is 16.8 Å². The molecule has 7 nitrogen and oxygen atoms in total. The van der Waals surface area contributed by atoms with Crippen LogP contribution in [0.1, 0.15) is 41.7 Å². The first-order chi connectivity index (χ1) is 13.5. The molecule has 0 spiro atoms. The molecule has 0 bridgehead atoms. The van der Waals surface area contributed by atoms with Crippen LogP contribution in [-0.4, -0.2) is 46.1 Å². The van der Waals surface area contributed by atoms with Gasteiger partial charge in [-0.1, -0.05) is 5.18 Å². The number of rotatable bonds is 8. The Hall–Kier alpha value is -2.14. The van der Waals surface area contributed by atoms with E-state index in [1.54, 1.807) is 6.92 Å². The number of hydrogen-bond donors (Lipinski definition) is 0. The van der Waals surface area contributed by atoms with Gasteiger partial charge in [0, 0.05) is 0 Å². The van der Waals surface area contributed by atoms with Crippen molar-refractivity contribution in [1.29, 1.82) is 0 Å². The number of thiazole rings is 1. The zero-order valence-electron chi connectivity index (χ0n) is 15.2. The van der Waals surface area contributed by atoms with E-state index in [0.717, 1.165) is 30.2 Å². The first-order valence-electron chi connectivity index (χ1n) is 8.86. The van der Waals surface area contributed by atoms with Gasteiger partial charge in [0.2, 0.25) is 11.8 Å². The second-order valence-corrected chi connectivity index (χ2v) is 7.48. The predicted molar refractivity (Wildman–Crippen MR) is 97.0 cm³/mol. The molecule has 2 aromatic heterocycles. The van der Waals surface area contributed by atoms with Crippen molar-refractivity contribution in [3.63, 3.8) is 0 Å². The molecule has 0 N–H and O–H groups in total. The number of piperidine rings is 1. The lowest BCUT2D eigenvalue weighted by Crippen LogP contribution is -2.39. The lowest BCUT2D eigenvalue weighted by Gasteiger charge is -2.36. The van der Waals surface area contributed by atoms with Crippen molar-refractivity contribution in [3.05, 3.63) is 38.8 Å². The Labute approximate surface area is 163 Å². The van der Waals surface area contributed by atoms with Crippen LogP contribution >= 0.6 is 11.3 Å². The van der Waals surface area contributed by atoms with Crippen molar-refractivity contribution in [3.8, 4) is 5.88 Å². The fraction of sp³-hybridized carbons (Fsp3) is 0.588. The molecule has 0 saturated carbocycles. The summed E-state index contributed by atoms with van der Waals surface area (Å²) >= 11 is 1.12. The number of nitrogens with zero attached hydrogens (tertiary/aromatic N) is 5. The molecule has 1 aliphatic rings. The van der Waals surface area contributed by atoms with Crippen molar-refractivity contribution in [2.45, 2.75) is 32.2 Å². The van der Waals surface area contributed by atoms with Crippen LogP contribution in [0.3, 0.4) is 0 Å². The molecular weight excluding hydrogens is 395 g/mol. The van der Waals surface area contributed by atoms with Gasteiger partial charge in [0.05, 0.1) is 29.1 Å². The number of nitroso groups, excluding NO2 is 1. The molecule has 1 saturated heterocycles. The third-order valence-electron chi connectivity index (χ3n) is 4.72. The number of ether oxygens (including phenoxy) is 1. The zero-order chi connectivity index (χ0) is 20.1. The van der Waals surface area contributed by atoms with E-state index in [4.69, 9.17) is 4.74 Å². The SMILES string of the molecule is Cc1nc(F)cc(OCC2CCN(C(CN=O)c3scnc3C(F)F)CC2)n1. The van der Waals surface area contributed by atoms with Crippen LogP contribution in [0.4, 0.5) is 13.2 Å². The average Bonchev–Trinajstić information content (AvgIpc) is 3.14. The molecule has 3 heterocycles. The molecule has 11 heteroatoms. The molecule has 1 fully saturated rings. The Kier molecular flexibility index (Phi) is 6.89. The lowest BCUT2D eigenvalue weighted by atomic mass is 9.96. The summed E-state index contributed by atoms with van der Waals surface area (Å²) in [5.41, 5.74) is 1.10. The minimum atomic E-state index is -2.68. The fourth-order valence-electron chi connectivity index (χ4n) is 3.33. The summed E-state index contributed by atoms with van der Waals surface area (Å²) in [5, 5.41) is 2.95. The smallest absolute Gasteiger partial charge is 0.281 e. The molecular formula is C17H20F3N5O2S. The molecule has 0 radical (unpaired) electrons. The van der Waals surface area contributed by atoms with Crippen molar-refractivity contribution >= 4 is 11.3 Å². The molecule has 1 atom stereocenters. The monoisotopic (exact) mass is 415 g/mol. The van der Waals surface area contributed by atoms with Gasteiger partial charge in [-0.3, -0.25) is 4.90 Å². The Balaban J connectivity index is 1.58. The molecule has 1 aliphatic heterocycles. The van der Waals surface area contributed by atoms with Crippen LogP contribution in [0.25, 0.3) is 0 Å². The topological polar surface area (TPSA) is 80.6 Å². The van der Waals surface area contributed by atoms with Crippen LogP contribution < -0.4 is 4.74 Å². The van der Waals surface area contributed by atoms with Gasteiger partial charge in [0.15, 0.2) is 0 Å². The molecule has 0 aliphatic carbocycles. The molecule has 1 unspecified atom stereocenters. The van der Waals surface area contributed by atoms with Gasteiger partial charge in [-0.25, -0.2) is 18.7 Å². The van der Waals surface area contributed by atoms with Crippen LogP contribution in [0.2, 0.25) is 0 Å². The Morgan fingerprint density at radius 2 is 2.11 bits per heavy atom. The van der Waals surface area contributed by atoms with Crippen LogP contribution in [0.5, 0.6) is 5.88 Å². The Bertz CT molecular complexity index is 779. The highest BCUT2D eigenvalue weighted by Crippen LogP contribution is 2.35. The maximum atomic E-state index is 13.3. The second-order valence-electron chi connectivity index (χ2n) is 6.60. The molecule has 152 valence electrons. The minimum absolute atomic E-state index is 0.0947. The number of alkyl halides is 2. The molecule has 0 amide bonds. The van der Waals surface area contributed by atoms with E-state index < -0.39 is 18.4 Å². The molecule has 28 heavy (non-hydrogen) atoms. The summed E-state index contributed by atoms with van der Waals surface area (Å²) in [7, 11) is 0. The van der Waals surface area contributed by atoms with E-state index >= 15 is 0 Å². The summed E-state index contributed by atoms with van der Waals surface area (Å²) in [6.45, 7) is 3.10. The van der Waals surface area contributed by atoms with E-state index in [2.05, 4.69) is 20.1 Å². The maximum absolute atomic E-state index is 13.3. The Morgan fingerprint density at radius 1 is 1.36 bits per heavy atom. The second kappa shape index (κ2) is 9.37. The average molecular weight is 415 g/mol. The Morgan fingerprint density at radius 3 is 2.75 bits per heavy atom. The van der Waals surface area contributed by atoms with E-state index in [0.29, 0.717) is 30.4 Å². The predicted octanol–water partition coefficient (Wildman–Crippen LogP) is 3.92. The highest BCUT2D eigenvalue weighted by Gasteiger charge is 2.31. The standard InChI is InChI=1S/C17H20F3N5O2S/c1-10-23-13(18)6-14(24-10)27-8-11-2-4-25(5-3-11)12(7-22-26)16-15(17(19)20)21-9-28-16/h6,9,11-12,17H,2-5,7-8H2,1H3. The highest BCUT2D eigenvalue weighted by atomic mass is 32.1. The molecule has 3 rings (SSSR count). The van der Waals surface area contributed by atoms with Gasteiger partial charge < -0.3 is 4.74 Å². The van der Waals surface area contributed by atoms with Crippen LogP contribution in [0, 0.1) is 23.7 Å². The van der Waals surface area contributed by atoms with E-state index in [1.165, 1.54) is 5.51 Å². The third-order valence-corrected chi connectivity index (χ3v) is 5.67. The minimum Gasteiger partial charge on any atom is -0.477 e. The number of aryl methyl sites for hydroxylation is 1. The summed E-state index contributed by atoms with van der Waals surface area (Å²) in [6, 6.07) is 0.651. The summed E-state index contributed by atoms with van der Waals surface area (Å²) in [5.74, 6) is 0.0754. The number of hydrogen-bond acceptors (Lipinski definition) is 8. The van der Waals surface area contributed by atoms with Crippen molar-refractivity contribution in [2.24, 2.45) is 11.1 Å². The van der Waals surface area contributed by atoms with Gasteiger partial charge in [0.1, 0.15) is 18.1 Å². The fourth-order valence-corrected chi connectivity index (χ4v) is 4.25.